The van der Waals surface area contributed by atoms with Gasteiger partial charge in [-0.1, -0.05) is 0 Å². The number of rotatable bonds is 8. The van der Waals surface area contributed by atoms with E-state index in [1.165, 1.54) is 6.07 Å². The number of methoxy groups -OCH3 is 1. The van der Waals surface area contributed by atoms with Crippen molar-refractivity contribution in [1.82, 2.24) is 4.98 Å². The molecule has 1 atom stereocenters. The van der Waals surface area contributed by atoms with Crippen molar-refractivity contribution in [2.24, 2.45) is 0 Å². The summed E-state index contributed by atoms with van der Waals surface area (Å²) >= 11 is 0. The van der Waals surface area contributed by atoms with Crippen LogP contribution in [0.5, 0.6) is 0 Å². The molecular weight excluding hydrogens is 266 g/mol. The number of nitro groups is 1. The van der Waals surface area contributed by atoms with Gasteiger partial charge in [-0.2, -0.15) is 0 Å². The van der Waals surface area contributed by atoms with Crippen LogP contribution >= 0.6 is 0 Å². The topological polar surface area (TPSA) is 115 Å². The number of hydrogen-bond donors (Lipinski definition) is 2. The van der Waals surface area contributed by atoms with Crippen molar-refractivity contribution in [3.8, 4) is 0 Å². The second-order valence-corrected chi connectivity index (χ2v) is 4.28. The Morgan fingerprint density at radius 2 is 2.35 bits per heavy atom. The van der Waals surface area contributed by atoms with Crippen LogP contribution in [0.4, 0.5) is 11.5 Å². The highest BCUT2D eigenvalue weighted by Gasteiger charge is 2.18. The molecule has 0 saturated carbocycles. The van der Waals surface area contributed by atoms with Gasteiger partial charge in [-0.05, 0) is 25.8 Å². The number of nitrogens with one attached hydrogen (secondary N) is 1. The Hall–Kier alpha value is -2.22. The van der Waals surface area contributed by atoms with Crippen LogP contribution in [0.3, 0.4) is 0 Å². The van der Waals surface area contributed by atoms with Crippen molar-refractivity contribution in [2.45, 2.75) is 25.8 Å². The maximum atomic E-state index is 11.1. The lowest BCUT2D eigenvalue weighted by molar-refractivity contribution is -0.385. The predicted molar refractivity (Wildman–Crippen MR) is 71.8 cm³/mol. The normalized spacial score (nSPS) is 11.9. The van der Waals surface area contributed by atoms with E-state index in [1.807, 2.05) is 0 Å². The molecule has 0 spiro atoms. The van der Waals surface area contributed by atoms with Crippen LogP contribution in [0, 0.1) is 17.0 Å². The molecule has 20 heavy (non-hydrogen) atoms. The fraction of sp³-hybridized carbons (Fsp3) is 0.500. The van der Waals surface area contributed by atoms with E-state index in [9.17, 15) is 14.9 Å². The SMILES string of the molecule is COCCCC(Nc1cc(C)c([N+](=O)[O-])cn1)C(=O)O. The van der Waals surface area contributed by atoms with Gasteiger partial charge in [0.15, 0.2) is 0 Å². The fourth-order valence-corrected chi connectivity index (χ4v) is 1.69. The van der Waals surface area contributed by atoms with Crippen LogP contribution in [0.2, 0.25) is 0 Å². The van der Waals surface area contributed by atoms with E-state index < -0.39 is 16.9 Å². The highest BCUT2D eigenvalue weighted by atomic mass is 16.6. The fourth-order valence-electron chi connectivity index (χ4n) is 1.69. The summed E-state index contributed by atoms with van der Waals surface area (Å²) < 4.78 is 4.87. The van der Waals surface area contributed by atoms with Crippen molar-refractivity contribution in [1.29, 1.82) is 0 Å². The Kier molecular flexibility index (Phi) is 5.85. The number of hydrogen-bond acceptors (Lipinski definition) is 6. The standard InChI is InChI=1S/C12H17N3O5/c1-8-6-11(13-7-10(8)15(18)19)14-9(12(16)17)4-3-5-20-2/h6-7,9H,3-5H2,1-2H3,(H,13,14)(H,16,17). The molecule has 0 aromatic carbocycles. The molecule has 0 aliphatic carbocycles. The third kappa shape index (κ3) is 4.47. The number of aryl methyl sites for hydroxylation is 1. The molecule has 8 heteroatoms. The first-order chi connectivity index (χ1) is 9.45. The van der Waals surface area contributed by atoms with Gasteiger partial charge in [0.25, 0.3) is 5.69 Å². The highest BCUT2D eigenvalue weighted by molar-refractivity contribution is 5.76. The molecule has 110 valence electrons. The second kappa shape index (κ2) is 7.39. The van der Waals surface area contributed by atoms with Crippen LogP contribution in [0.25, 0.3) is 0 Å². The summed E-state index contributed by atoms with van der Waals surface area (Å²) in [7, 11) is 1.55. The minimum atomic E-state index is -1.00. The summed E-state index contributed by atoms with van der Waals surface area (Å²) in [6, 6.07) is 0.656. The number of aromatic nitrogens is 1. The third-order valence-electron chi connectivity index (χ3n) is 2.74. The Bertz CT molecular complexity index is 492. The smallest absolute Gasteiger partial charge is 0.326 e. The van der Waals surface area contributed by atoms with Gasteiger partial charge in [0.1, 0.15) is 18.1 Å². The summed E-state index contributed by atoms with van der Waals surface area (Å²) in [4.78, 5) is 25.1. The van der Waals surface area contributed by atoms with E-state index in [4.69, 9.17) is 9.84 Å². The average Bonchev–Trinajstić information content (AvgIpc) is 2.37. The quantitative estimate of drug-likeness (QED) is 0.423. The lowest BCUT2D eigenvalue weighted by Gasteiger charge is -2.15. The largest absolute Gasteiger partial charge is 0.480 e. The molecule has 1 heterocycles. The first-order valence-electron chi connectivity index (χ1n) is 6.05. The summed E-state index contributed by atoms with van der Waals surface area (Å²) in [6.45, 7) is 2.05. The zero-order valence-corrected chi connectivity index (χ0v) is 11.3. The minimum absolute atomic E-state index is 0.0955. The van der Waals surface area contributed by atoms with Crippen molar-refractivity contribution in [2.75, 3.05) is 19.0 Å². The van der Waals surface area contributed by atoms with E-state index in [0.29, 0.717) is 30.8 Å². The van der Waals surface area contributed by atoms with Gasteiger partial charge < -0.3 is 15.2 Å². The molecule has 1 aromatic rings. The first kappa shape index (κ1) is 15.8. The molecule has 2 N–H and O–H groups in total. The number of carboxylic acids is 1. The zero-order valence-electron chi connectivity index (χ0n) is 11.3. The number of anilines is 1. The Morgan fingerprint density at radius 3 is 2.85 bits per heavy atom. The van der Waals surface area contributed by atoms with Gasteiger partial charge in [-0.15, -0.1) is 0 Å². The number of carboxylic acid groups (broad SMARTS) is 1. The minimum Gasteiger partial charge on any atom is -0.480 e. The summed E-state index contributed by atoms with van der Waals surface area (Å²) in [5.74, 6) is -0.697. The van der Waals surface area contributed by atoms with Gasteiger partial charge in [0.2, 0.25) is 0 Å². The van der Waals surface area contributed by atoms with E-state index >= 15 is 0 Å². The highest BCUT2D eigenvalue weighted by Crippen LogP contribution is 2.19. The Morgan fingerprint density at radius 1 is 1.65 bits per heavy atom. The van der Waals surface area contributed by atoms with Crippen molar-refractivity contribution in [3.05, 3.63) is 27.9 Å². The monoisotopic (exact) mass is 283 g/mol. The van der Waals surface area contributed by atoms with Crippen molar-refractivity contribution < 1.29 is 19.6 Å². The van der Waals surface area contributed by atoms with Crippen molar-refractivity contribution >= 4 is 17.5 Å². The maximum absolute atomic E-state index is 11.1. The molecule has 0 aliphatic rings. The molecule has 1 aromatic heterocycles. The van der Waals surface area contributed by atoms with Gasteiger partial charge in [-0.3, -0.25) is 10.1 Å². The second-order valence-electron chi connectivity index (χ2n) is 4.28. The van der Waals surface area contributed by atoms with E-state index in [-0.39, 0.29) is 5.69 Å². The summed E-state index contributed by atoms with van der Waals surface area (Å²) in [6.07, 6.45) is 2.08. The van der Waals surface area contributed by atoms with E-state index in [0.717, 1.165) is 6.20 Å². The van der Waals surface area contributed by atoms with E-state index in [2.05, 4.69) is 10.3 Å². The van der Waals surface area contributed by atoms with Gasteiger partial charge in [-0.25, -0.2) is 9.78 Å². The third-order valence-corrected chi connectivity index (χ3v) is 2.74. The Balaban J connectivity index is 2.76. The number of aliphatic carboxylic acids is 1. The number of ether oxygens (including phenoxy) is 1. The lowest BCUT2D eigenvalue weighted by Crippen LogP contribution is -2.30. The first-order valence-corrected chi connectivity index (χ1v) is 6.05. The number of nitrogens with zero attached hydrogens (tertiary/aromatic N) is 2. The summed E-state index contributed by atoms with van der Waals surface area (Å²) in [5.41, 5.74) is 0.329. The van der Waals surface area contributed by atoms with Crippen molar-refractivity contribution in [3.63, 3.8) is 0 Å². The molecule has 0 saturated heterocycles. The molecule has 0 amide bonds. The zero-order chi connectivity index (χ0) is 15.1. The summed E-state index contributed by atoms with van der Waals surface area (Å²) in [5, 5.41) is 22.5. The van der Waals surface area contributed by atoms with Gasteiger partial charge >= 0.3 is 5.97 Å². The van der Waals surface area contributed by atoms with Gasteiger partial charge in [0.05, 0.1) is 4.92 Å². The molecule has 0 aliphatic heterocycles. The van der Waals surface area contributed by atoms with Crippen LogP contribution in [-0.4, -0.2) is 40.7 Å². The number of pyridine rings is 1. The van der Waals surface area contributed by atoms with Crippen LogP contribution < -0.4 is 5.32 Å². The van der Waals surface area contributed by atoms with Gasteiger partial charge in [0, 0.05) is 19.3 Å². The maximum Gasteiger partial charge on any atom is 0.326 e. The van der Waals surface area contributed by atoms with Crippen LogP contribution in [0.15, 0.2) is 12.3 Å². The van der Waals surface area contributed by atoms with Crippen LogP contribution in [-0.2, 0) is 9.53 Å². The Labute approximate surface area is 115 Å². The van der Waals surface area contributed by atoms with E-state index in [1.54, 1.807) is 14.0 Å². The average molecular weight is 283 g/mol. The molecule has 0 fully saturated rings. The molecule has 0 radical (unpaired) electrons. The molecule has 1 rings (SSSR count). The number of carbonyl (C=O) groups is 1. The molecular formula is C12H17N3O5. The predicted octanol–water partition coefficient (Wildman–Crippen LogP) is 1.59. The molecule has 0 bridgehead atoms. The molecule has 8 nitrogen and oxygen atoms in total. The van der Waals surface area contributed by atoms with Crippen LogP contribution in [0.1, 0.15) is 18.4 Å². The molecule has 1 unspecified atom stereocenters. The lowest BCUT2D eigenvalue weighted by atomic mass is 10.1.